The molecule has 2 aromatic carbocycles. The minimum atomic E-state index is -4.85. The average molecular weight is 1110 g/mol. The maximum Gasteiger partial charge on any atom is 0.573 e. The molecule has 0 aliphatic carbocycles. The molecule has 3 atom stereocenters. The van der Waals surface area contributed by atoms with Crippen LogP contribution in [0.1, 0.15) is 68.7 Å². The number of imide groups is 2. The Morgan fingerprint density at radius 2 is 1.49 bits per heavy atom. The molecule has 426 valence electrons. The molecule has 7 rings (SSSR count). The summed E-state index contributed by atoms with van der Waals surface area (Å²) in [5.74, 6) is -4.32. The number of piperidine rings is 2. The van der Waals surface area contributed by atoms with E-state index in [-0.39, 0.29) is 73.7 Å². The third-order valence-corrected chi connectivity index (χ3v) is 12.6. The molecular weight excluding hydrogens is 1050 g/mol. The maximum atomic E-state index is 15.4. The number of pyridine rings is 1. The molecule has 3 aliphatic heterocycles. The summed E-state index contributed by atoms with van der Waals surface area (Å²) in [4.78, 5) is 98.7. The first-order chi connectivity index (χ1) is 38.0. The summed E-state index contributed by atoms with van der Waals surface area (Å²) >= 11 is 0. The van der Waals surface area contributed by atoms with Gasteiger partial charge < -0.3 is 59.0 Å². The van der Waals surface area contributed by atoms with Gasteiger partial charge in [-0.05, 0) is 48.7 Å². The topological polar surface area (TPSA) is 283 Å². The van der Waals surface area contributed by atoms with E-state index in [2.05, 4.69) is 30.7 Å². The molecule has 2 aromatic heterocycles. The predicted octanol–water partition coefficient (Wildman–Crippen LogP) is 3.00. The number of aryl methyl sites for hydroxylation is 1. The molecule has 0 saturated carbocycles. The van der Waals surface area contributed by atoms with E-state index < -0.39 is 65.9 Å². The SMILES string of the molecule is NC(=O)c1cc(-c2cn(CCCC(=O)NCCOCCOCCOCCOCCOCCNc3cccc4c3C(=O)N(C3CCC(=O)NC3=O)C4=O)cn2)cnc1O[C@@H]1CCN(C(=O)Cc2ccc(OC(F)(F)F)cc2)C[C@H]1F. The minimum Gasteiger partial charge on any atom is -0.471 e. The summed E-state index contributed by atoms with van der Waals surface area (Å²) in [6, 6.07) is 10.1. The Morgan fingerprint density at radius 1 is 0.823 bits per heavy atom. The molecule has 3 aliphatic rings. The van der Waals surface area contributed by atoms with Crippen molar-refractivity contribution in [2.75, 3.05) is 97.6 Å². The number of imidazole rings is 1. The van der Waals surface area contributed by atoms with Crippen LogP contribution in [0, 0.1) is 0 Å². The van der Waals surface area contributed by atoms with Crippen molar-refractivity contribution in [3.8, 4) is 22.9 Å². The Bertz CT molecular complexity index is 2770. The number of ether oxygens (including phenoxy) is 7. The Balaban J connectivity index is 0.666. The largest absolute Gasteiger partial charge is 0.573 e. The van der Waals surface area contributed by atoms with Crippen molar-refractivity contribution in [2.24, 2.45) is 5.73 Å². The van der Waals surface area contributed by atoms with Crippen molar-refractivity contribution in [1.82, 2.24) is 35.0 Å². The number of rotatable bonds is 31. The number of benzene rings is 2. The number of nitrogens with one attached hydrogen (secondary N) is 3. The first-order valence-corrected chi connectivity index (χ1v) is 25.5. The summed E-state index contributed by atoms with van der Waals surface area (Å²) in [5.41, 5.74) is 7.69. The van der Waals surface area contributed by atoms with Crippen LogP contribution < -0.4 is 31.2 Å². The van der Waals surface area contributed by atoms with E-state index in [0.717, 1.165) is 17.0 Å². The molecule has 0 radical (unpaired) electrons. The van der Waals surface area contributed by atoms with Crippen LogP contribution in [0.5, 0.6) is 11.6 Å². The van der Waals surface area contributed by atoms with E-state index in [0.29, 0.717) is 115 Å². The number of halogens is 4. The van der Waals surface area contributed by atoms with E-state index in [1.807, 2.05) is 0 Å². The first kappa shape index (κ1) is 59.1. The molecule has 5 N–H and O–H groups in total. The quantitative estimate of drug-likeness (QED) is 0.0320. The van der Waals surface area contributed by atoms with Gasteiger partial charge in [0.25, 0.3) is 17.7 Å². The monoisotopic (exact) mass is 1110 g/mol. The molecule has 2 saturated heterocycles. The zero-order valence-electron chi connectivity index (χ0n) is 43.0. The molecule has 27 heteroatoms. The number of nitrogens with zero attached hydrogens (tertiary/aromatic N) is 5. The van der Waals surface area contributed by atoms with Gasteiger partial charge in [-0.25, -0.2) is 14.4 Å². The fourth-order valence-corrected chi connectivity index (χ4v) is 8.65. The van der Waals surface area contributed by atoms with E-state index in [9.17, 15) is 46.7 Å². The highest BCUT2D eigenvalue weighted by atomic mass is 19.4. The summed E-state index contributed by atoms with van der Waals surface area (Å²) in [6.45, 7) is 4.32. The lowest BCUT2D eigenvalue weighted by atomic mass is 10.0. The van der Waals surface area contributed by atoms with E-state index >= 15 is 4.39 Å². The first-order valence-electron chi connectivity index (χ1n) is 25.5. The molecule has 5 heterocycles. The molecule has 23 nitrogen and oxygen atoms in total. The summed E-state index contributed by atoms with van der Waals surface area (Å²) < 4.78 is 91.9. The number of nitrogens with two attached hydrogens (primary N) is 1. The van der Waals surface area contributed by atoms with Crippen LogP contribution in [-0.2, 0) is 55.8 Å². The van der Waals surface area contributed by atoms with Crippen molar-refractivity contribution in [3.05, 3.63) is 89.5 Å². The van der Waals surface area contributed by atoms with Gasteiger partial charge in [-0.1, -0.05) is 18.2 Å². The number of carbonyl (C=O) groups excluding carboxylic acids is 7. The summed E-state index contributed by atoms with van der Waals surface area (Å²) in [7, 11) is 0. The van der Waals surface area contributed by atoms with Crippen LogP contribution in [0.25, 0.3) is 11.3 Å². The van der Waals surface area contributed by atoms with Gasteiger partial charge in [0.15, 0.2) is 6.17 Å². The number of primary amides is 1. The van der Waals surface area contributed by atoms with Gasteiger partial charge in [-0.15, -0.1) is 13.2 Å². The molecule has 7 amide bonds. The average Bonchev–Trinajstić information content (AvgIpc) is 4.22. The van der Waals surface area contributed by atoms with Crippen molar-refractivity contribution in [2.45, 2.75) is 69.7 Å². The standard InChI is InChI=1S/C52H61F4N9O14/c53-38-30-64(45(68)27-33-6-8-35(9-7-33)79-52(54,55)56)16-12-42(38)78-49-37(47(57)69)28-34(29-60-49)40-31-63(32-61-40)15-2-5-43(66)59-14-18-74-20-22-76-24-26-77-25-23-75-21-19-73-17-13-58-39-4-1-3-36-46(39)51(72)65(50(36)71)41-10-11-44(67)62-48(41)70/h1,3-4,6-9,28-29,31-32,38,41-42,58H,2,5,10-27,30H2,(H2,57,69)(H,59,66)(H,62,67,70)/t38-,41?,42-/m1/s1. The van der Waals surface area contributed by atoms with Crippen molar-refractivity contribution in [1.29, 1.82) is 0 Å². The second-order valence-electron chi connectivity index (χ2n) is 18.2. The Morgan fingerprint density at radius 3 is 2.14 bits per heavy atom. The number of anilines is 1. The van der Waals surface area contributed by atoms with Crippen molar-refractivity contribution >= 4 is 47.0 Å². The fourth-order valence-electron chi connectivity index (χ4n) is 8.65. The van der Waals surface area contributed by atoms with Gasteiger partial charge >= 0.3 is 6.36 Å². The van der Waals surface area contributed by atoms with Gasteiger partial charge in [-0.2, -0.15) is 0 Å². The molecule has 0 spiro atoms. The highest BCUT2D eigenvalue weighted by Gasteiger charge is 2.45. The Kier molecular flexibility index (Phi) is 21.6. The summed E-state index contributed by atoms with van der Waals surface area (Å²) in [5, 5.41) is 8.12. The highest BCUT2D eigenvalue weighted by molar-refractivity contribution is 6.25. The minimum absolute atomic E-state index is 0.0402. The number of aromatic nitrogens is 3. The van der Waals surface area contributed by atoms with Crippen molar-refractivity contribution < 1.29 is 84.3 Å². The third-order valence-electron chi connectivity index (χ3n) is 12.6. The number of likely N-dealkylation sites (tertiary alicyclic amines) is 1. The number of hydrogen-bond acceptors (Lipinski definition) is 17. The zero-order valence-corrected chi connectivity index (χ0v) is 43.0. The molecular formula is C52H61F4N9O14. The Labute approximate surface area is 450 Å². The fraction of sp³-hybridized carbons (Fsp3) is 0.481. The second kappa shape index (κ2) is 28.9. The van der Waals surface area contributed by atoms with Crippen LogP contribution in [0.2, 0.25) is 0 Å². The van der Waals surface area contributed by atoms with Crippen LogP contribution in [0.3, 0.4) is 0 Å². The van der Waals surface area contributed by atoms with Gasteiger partial charge in [0.2, 0.25) is 29.5 Å². The molecule has 1 unspecified atom stereocenters. The molecule has 4 aromatic rings. The van der Waals surface area contributed by atoms with Crippen LogP contribution >= 0.6 is 0 Å². The zero-order chi connectivity index (χ0) is 56.3. The molecule has 0 bridgehead atoms. The van der Waals surface area contributed by atoms with Crippen LogP contribution in [0.15, 0.2) is 67.3 Å². The lowest BCUT2D eigenvalue weighted by molar-refractivity contribution is -0.274. The van der Waals surface area contributed by atoms with Gasteiger partial charge in [0.05, 0.1) is 102 Å². The van der Waals surface area contributed by atoms with Crippen LogP contribution in [-0.4, -0.2) is 183 Å². The highest BCUT2D eigenvalue weighted by Crippen LogP contribution is 2.33. The van der Waals surface area contributed by atoms with E-state index in [4.69, 9.17) is 34.2 Å². The van der Waals surface area contributed by atoms with Crippen LogP contribution in [0.4, 0.5) is 23.2 Å². The van der Waals surface area contributed by atoms with E-state index in [1.54, 1.807) is 29.2 Å². The maximum absolute atomic E-state index is 15.4. The normalized spacial score (nSPS) is 17.4. The van der Waals surface area contributed by atoms with Gasteiger partial charge in [0, 0.05) is 69.1 Å². The molecule has 2 fully saturated rings. The number of carbonyl (C=O) groups is 7. The Hall–Kier alpha value is -7.59. The second-order valence-corrected chi connectivity index (χ2v) is 18.2. The van der Waals surface area contributed by atoms with Gasteiger partial charge in [-0.3, -0.25) is 43.8 Å². The smallest absolute Gasteiger partial charge is 0.471 e. The predicted molar refractivity (Wildman–Crippen MR) is 269 cm³/mol. The van der Waals surface area contributed by atoms with Gasteiger partial charge in [0.1, 0.15) is 23.5 Å². The lowest BCUT2D eigenvalue weighted by Gasteiger charge is -2.34. The third kappa shape index (κ3) is 17.5. The van der Waals surface area contributed by atoms with E-state index in [1.165, 1.54) is 35.4 Å². The number of amides is 7. The summed E-state index contributed by atoms with van der Waals surface area (Å²) in [6.07, 6.45) is -2.07. The number of fused-ring (bicyclic) bond motifs is 1. The van der Waals surface area contributed by atoms with Crippen molar-refractivity contribution in [3.63, 3.8) is 0 Å². The number of alkyl halides is 4. The lowest BCUT2D eigenvalue weighted by Crippen LogP contribution is -2.54. The molecule has 79 heavy (non-hydrogen) atoms. The number of hydrogen-bond donors (Lipinski definition) is 4.